The van der Waals surface area contributed by atoms with Gasteiger partial charge in [0.1, 0.15) is 5.37 Å². The van der Waals surface area contributed by atoms with Crippen molar-refractivity contribution in [1.29, 1.82) is 0 Å². The number of benzene rings is 2. The second-order valence-corrected chi connectivity index (χ2v) is 8.78. The fourth-order valence-electron chi connectivity index (χ4n) is 4.18. The van der Waals surface area contributed by atoms with Crippen LogP contribution in [0.5, 0.6) is 0 Å². The molecule has 2 saturated heterocycles. The van der Waals surface area contributed by atoms with Crippen molar-refractivity contribution in [2.45, 2.75) is 43.3 Å². The Kier molecular flexibility index (Phi) is 6.43. The number of unbranched alkanes of at least 4 members (excludes halogenated alkanes) is 1. The van der Waals surface area contributed by atoms with Gasteiger partial charge in [0.25, 0.3) is 0 Å². The van der Waals surface area contributed by atoms with Crippen molar-refractivity contribution in [2.24, 2.45) is 0 Å². The maximum Gasteiger partial charge on any atom is 0.322 e. The van der Waals surface area contributed by atoms with E-state index in [-0.39, 0.29) is 29.9 Å². The predicted octanol–water partition coefficient (Wildman–Crippen LogP) is 4.92. The van der Waals surface area contributed by atoms with Gasteiger partial charge in [0.15, 0.2) is 0 Å². The second-order valence-electron chi connectivity index (χ2n) is 7.67. The van der Waals surface area contributed by atoms with Crippen LogP contribution >= 0.6 is 11.8 Å². The Morgan fingerprint density at radius 1 is 1.10 bits per heavy atom. The first-order valence-electron chi connectivity index (χ1n) is 10.3. The van der Waals surface area contributed by atoms with Gasteiger partial charge in [-0.2, -0.15) is 0 Å². The molecule has 2 heterocycles. The van der Waals surface area contributed by atoms with E-state index in [1.54, 1.807) is 0 Å². The first-order valence-corrected chi connectivity index (χ1v) is 11.4. The van der Waals surface area contributed by atoms with Gasteiger partial charge >= 0.3 is 12.0 Å². The highest BCUT2D eigenvalue weighted by atomic mass is 32.2. The normalized spacial score (nSPS) is 23.3. The molecule has 1 N–H and O–H groups in total. The maximum atomic E-state index is 13.5. The third-order valence-corrected chi connectivity index (χ3v) is 6.98. The quantitative estimate of drug-likeness (QED) is 0.485. The van der Waals surface area contributed by atoms with Crippen molar-refractivity contribution >= 4 is 23.8 Å². The molecule has 2 fully saturated rings. The van der Waals surface area contributed by atoms with Crippen molar-refractivity contribution < 1.29 is 14.7 Å². The first kappa shape index (κ1) is 20.5. The molecule has 5 nitrogen and oxygen atoms in total. The standard InChI is InChI=1S/C24H26N2O3S/c27-22(28)15-9-3-8-14-20-21-17-30-23(19-12-6-2-7-13-19)26(21)24(29)25(20)16-18-10-4-1-5-11-18/h1-2,4-8,10-14,20-21,23H,3,9,15-17H2,(H,27,28)/t20-,21-,23?/m0/s1. The van der Waals surface area contributed by atoms with Gasteiger partial charge in [0, 0.05) is 18.7 Å². The summed E-state index contributed by atoms with van der Waals surface area (Å²) in [6.45, 7) is 0.572. The van der Waals surface area contributed by atoms with Crippen molar-refractivity contribution in [3.63, 3.8) is 0 Å². The molecule has 0 bridgehead atoms. The van der Waals surface area contributed by atoms with Crippen molar-refractivity contribution in [2.75, 3.05) is 5.75 Å². The highest BCUT2D eigenvalue weighted by Crippen LogP contribution is 2.47. The van der Waals surface area contributed by atoms with Crippen LogP contribution in [0.15, 0.2) is 72.8 Å². The lowest BCUT2D eigenvalue weighted by Gasteiger charge is -2.24. The number of urea groups is 1. The summed E-state index contributed by atoms with van der Waals surface area (Å²) < 4.78 is 0. The molecule has 2 aliphatic rings. The molecular formula is C24H26N2O3S. The molecule has 0 spiro atoms. The number of aliphatic carboxylic acids is 1. The Morgan fingerprint density at radius 2 is 1.80 bits per heavy atom. The van der Waals surface area contributed by atoms with Gasteiger partial charge in [0.05, 0.1) is 12.1 Å². The van der Waals surface area contributed by atoms with Crippen LogP contribution in [0.3, 0.4) is 0 Å². The summed E-state index contributed by atoms with van der Waals surface area (Å²) >= 11 is 1.82. The third-order valence-electron chi connectivity index (χ3n) is 5.63. The van der Waals surface area contributed by atoms with E-state index in [1.807, 2.05) is 76.2 Å². The molecular weight excluding hydrogens is 396 g/mol. The number of carboxylic acid groups (broad SMARTS) is 1. The second kappa shape index (κ2) is 9.39. The fourth-order valence-corrected chi connectivity index (χ4v) is 5.67. The molecule has 0 aromatic heterocycles. The molecule has 2 aromatic carbocycles. The Bertz CT molecular complexity index is 903. The number of fused-ring (bicyclic) bond motifs is 1. The molecule has 2 aromatic rings. The van der Waals surface area contributed by atoms with Gasteiger partial charge < -0.3 is 14.9 Å². The minimum atomic E-state index is -0.769. The van der Waals surface area contributed by atoms with Crippen LogP contribution in [0, 0.1) is 0 Å². The summed E-state index contributed by atoms with van der Waals surface area (Å²) in [5.74, 6) is 0.120. The summed E-state index contributed by atoms with van der Waals surface area (Å²) in [7, 11) is 0. The molecule has 30 heavy (non-hydrogen) atoms. The van der Waals surface area contributed by atoms with Crippen LogP contribution in [0.1, 0.15) is 35.8 Å². The Balaban J connectivity index is 1.55. The van der Waals surface area contributed by atoms with Crippen LogP contribution in [-0.4, -0.2) is 44.7 Å². The Hall–Kier alpha value is -2.73. The molecule has 6 heteroatoms. The average molecular weight is 423 g/mol. The van der Waals surface area contributed by atoms with Gasteiger partial charge in [-0.15, -0.1) is 11.8 Å². The highest BCUT2D eigenvalue weighted by molar-refractivity contribution is 7.99. The van der Waals surface area contributed by atoms with E-state index in [0.717, 1.165) is 16.9 Å². The van der Waals surface area contributed by atoms with Crippen LogP contribution in [-0.2, 0) is 11.3 Å². The van der Waals surface area contributed by atoms with E-state index >= 15 is 0 Å². The minimum Gasteiger partial charge on any atom is -0.481 e. The summed E-state index contributed by atoms with van der Waals surface area (Å²) in [6.07, 6.45) is 5.65. The zero-order valence-electron chi connectivity index (χ0n) is 16.8. The average Bonchev–Trinajstić information content (AvgIpc) is 3.30. The number of hydrogen-bond donors (Lipinski definition) is 1. The molecule has 1 unspecified atom stereocenters. The first-order chi connectivity index (χ1) is 14.6. The van der Waals surface area contributed by atoms with Crippen molar-refractivity contribution in [3.05, 3.63) is 83.9 Å². The van der Waals surface area contributed by atoms with E-state index in [4.69, 9.17) is 5.11 Å². The lowest BCUT2D eigenvalue weighted by atomic mass is 10.1. The van der Waals surface area contributed by atoms with E-state index in [9.17, 15) is 9.59 Å². The topological polar surface area (TPSA) is 60.9 Å². The molecule has 156 valence electrons. The number of hydrogen-bond acceptors (Lipinski definition) is 3. The number of amides is 2. The monoisotopic (exact) mass is 422 g/mol. The summed E-state index contributed by atoms with van der Waals surface area (Å²) in [5.41, 5.74) is 2.27. The lowest BCUT2D eigenvalue weighted by Crippen LogP contribution is -2.35. The van der Waals surface area contributed by atoms with Crippen LogP contribution in [0.2, 0.25) is 0 Å². The summed E-state index contributed by atoms with van der Waals surface area (Å²) in [5, 5.41) is 8.87. The van der Waals surface area contributed by atoms with Gasteiger partial charge in [0.2, 0.25) is 0 Å². The Morgan fingerprint density at radius 3 is 2.50 bits per heavy atom. The molecule has 4 rings (SSSR count). The number of carbonyl (C=O) groups excluding carboxylic acids is 1. The van der Waals surface area contributed by atoms with E-state index in [2.05, 4.69) is 18.2 Å². The number of thioether (sulfide) groups is 1. The van der Waals surface area contributed by atoms with E-state index in [1.165, 1.54) is 0 Å². The smallest absolute Gasteiger partial charge is 0.322 e. The molecule has 0 aliphatic carbocycles. The van der Waals surface area contributed by atoms with Gasteiger partial charge in [-0.1, -0.05) is 72.8 Å². The largest absolute Gasteiger partial charge is 0.481 e. The maximum absolute atomic E-state index is 13.5. The molecule has 2 amide bonds. The highest BCUT2D eigenvalue weighted by Gasteiger charge is 2.51. The number of rotatable bonds is 8. The Labute approximate surface area is 181 Å². The summed E-state index contributed by atoms with van der Waals surface area (Å²) in [4.78, 5) is 28.2. The van der Waals surface area contributed by atoms with Gasteiger partial charge in [-0.05, 0) is 24.0 Å². The molecule has 0 radical (unpaired) electrons. The van der Waals surface area contributed by atoms with Crippen molar-refractivity contribution in [3.8, 4) is 0 Å². The zero-order chi connectivity index (χ0) is 20.9. The number of nitrogens with zero attached hydrogens (tertiary/aromatic N) is 2. The minimum absolute atomic E-state index is 0.0104. The van der Waals surface area contributed by atoms with E-state index < -0.39 is 5.97 Å². The molecule has 2 aliphatic heterocycles. The fraction of sp³-hybridized carbons (Fsp3) is 0.333. The third kappa shape index (κ3) is 4.38. The van der Waals surface area contributed by atoms with Crippen LogP contribution in [0.4, 0.5) is 4.79 Å². The molecule has 3 atom stereocenters. The van der Waals surface area contributed by atoms with Crippen LogP contribution in [0.25, 0.3) is 0 Å². The number of carbonyl (C=O) groups is 2. The van der Waals surface area contributed by atoms with Crippen LogP contribution < -0.4 is 0 Å². The van der Waals surface area contributed by atoms with Gasteiger partial charge in [-0.25, -0.2) is 4.79 Å². The molecule has 0 saturated carbocycles. The van der Waals surface area contributed by atoms with Crippen molar-refractivity contribution in [1.82, 2.24) is 9.80 Å². The number of allylic oxidation sites excluding steroid dienone is 1. The summed E-state index contributed by atoms with van der Waals surface area (Å²) in [6, 6.07) is 20.5. The zero-order valence-corrected chi connectivity index (χ0v) is 17.6. The van der Waals surface area contributed by atoms with E-state index in [0.29, 0.717) is 19.4 Å². The SMILES string of the molecule is O=C(O)CCCC=C[C@H]1[C@@H]2CSC(c3ccccc3)N2C(=O)N1Cc1ccccc1. The van der Waals surface area contributed by atoms with Gasteiger partial charge in [-0.3, -0.25) is 4.79 Å². The lowest BCUT2D eigenvalue weighted by molar-refractivity contribution is -0.137. The number of carboxylic acids is 1. The predicted molar refractivity (Wildman–Crippen MR) is 119 cm³/mol.